The average Bonchev–Trinajstić information content (AvgIpc) is 3.08. The van der Waals surface area contributed by atoms with Crippen molar-refractivity contribution in [1.82, 2.24) is 20.3 Å². The molecule has 4 heterocycles. The van der Waals surface area contributed by atoms with Gasteiger partial charge in [0.25, 0.3) is 0 Å². The zero-order valence-corrected chi connectivity index (χ0v) is 15.4. The highest BCUT2D eigenvalue weighted by Gasteiger charge is 2.18. The summed E-state index contributed by atoms with van der Waals surface area (Å²) in [7, 11) is 0. The molecule has 1 aromatic carbocycles. The van der Waals surface area contributed by atoms with E-state index in [0.29, 0.717) is 12.4 Å². The summed E-state index contributed by atoms with van der Waals surface area (Å²) in [5.74, 6) is 3.13. The third kappa shape index (κ3) is 3.36. The summed E-state index contributed by atoms with van der Waals surface area (Å²) in [5, 5.41) is 6.96. The van der Waals surface area contributed by atoms with Gasteiger partial charge in [-0.05, 0) is 42.8 Å². The van der Waals surface area contributed by atoms with E-state index in [0.717, 1.165) is 60.2 Å². The van der Waals surface area contributed by atoms with Gasteiger partial charge in [0.2, 0.25) is 6.79 Å². The van der Waals surface area contributed by atoms with E-state index in [2.05, 4.69) is 15.6 Å². The predicted octanol–water partition coefficient (Wildman–Crippen LogP) is 2.57. The first kappa shape index (κ1) is 16.9. The standard InChI is InChI=1S/C21H21N5O2/c1-2-8-23-17(3-1)21-25-16-7-10-22-9-6-15(16)20(26-21)24-12-14-4-5-18-19(11-14)28-13-27-18/h1-5,8,11,22H,6-7,9-10,12-13H2,(H,24,25,26). The quantitative estimate of drug-likeness (QED) is 0.725. The molecule has 0 radical (unpaired) electrons. The van der Waals surface area contributed by atoms with Crippen molar-refractivity contribution >= 4 is 5.82 Å². The lowest BCUT2D eigenvalue weighted by Gasteiger charge is -2.15. The number of anilines is 1. The van der Waals surface area contributed by atoms with Crippen molar-refractivity contribution in [3.8, 4) is 23.0 Å². The van der Waals surface area contributed by atoms with Crippen LogP contribution >= 0.6 is 0 Å². The Kier molecular flexibility index (Phi) is 4.50. The molecule has 3 aromatic rings. The largest absolute Gasteiger partial charge is 0.454 e. The van der Waals surface area contributed by atoms with Crippen LogP contribution in [0.15, 0.2) is 42.6 Å². The number of aromatic nitrogens is 3. The molecular formula is C21H21N5O2. The van der Waals surface area contributed by atoms with Gasteiger partial charge in [0.1, 0.15) is 11.5 Å². The summed E-state index contributed by atoms with van der Waals surface area (Å²) in [6, 6.07) is 11.8. The number of nitrogens with zero attached hydrogens (tertiary/aromatic N) is 3. The molecule has 5 rings (SSSR count). The summed E-state index contributed by atoms with van der Waals surface area (Å²) < 4.78 is 10.9. The molecule has 0 atom stereocenters. The zero-order valence-electron chi connectivity index (χ0n) is 15.4. The van der Waals surface area contributed by atoms with E-state index in [4.69, 9.17) is 19.4 Å². The third-order valence-electron chi connectivity index (χ3n) is 4.97. The van der Waals surface area contributed by atoms with Crippen molar-refractivity contribution in [3.63, 3.8) is 0 Å². The van der Waals surface area contributed by atoms with Gasteiger partial charge in [-0.25, -0.2) is 9.97 Å². The van der Waals surface area contributed by atoms with E-state index >= 15 is 0 Å². The molecule has 7 heteroatoms. The maximum absolute atomic E-state index is 5.48. The van der Waals surface area contributed by atoms with Gasteiger partial charge in [-0.2, -0.15) is 0 Å². The molecule has 0 unspecified atom stereocenters. The Morgan fingerprint density at radius 1 is 1.00 bits per heavy atom. The SMILES string of the molecule is c1ccc(-c2nc3c(c(NCc4ccc5c(c4)OCO5)n2)CCNCC3)nc1. The lowest BCUT2D eigenvalue weighted by atomic mass is 10.1. The van der Waals surface area contributed by atoms with E-state index in [-0.39, 0.29) is 6.79 Å². The highest BCUT2D eigenvalue weighted by Crippen LogP contribution is 2.33. The summed E-state index contributed by atoms with van der Waals surface area (Å²) in [6.07, 6.45) is 3.56. The van der Waals surface area contributed by atoms with Crippen molar-refractivity contribution in [3.05, 3.63) is 59.4 Å². The smallest absolute Gasteiger partial charge is 0.231 e. The number of nitrogens with one attached hydrogen (secondary N) is 2. The Labute approximate surface area is 163 Å². The van der Waals surface area contributed by atoms with Gasteiger partial charge in [0.15, 0.2) is 17.3 Å². The summed E-state index contributed by atoms with van der Waals surface area (Å²) >= 11 is 0. The van der Waals surface area contributed by atoms with Gasteiger partial charge in [-0.1, -0.05) is 12.1 Å². The minimum atomic E-state index is 0.284. The number of fused-ring (bicyclic) bond motifs is 2. The van der Waals surface area contributed by atoms with Crippen LogP contribution in [0.4, 0.5) is 5.82 Å². The van der Waals surface area contributed by atoms with Crippen LogP contribution in [0.5, 0.6) is 11.5 Å². The maximum Gasteiger partial charge on any atom is 0.231 e. The third-order valence-corrected chi connectivity index (χ3v) is 4.97. The van der Waals surface area contributed by atoms with Crippen LogP contribution in [0.1, 0.15) is 16.8 Å². The number of rotatable bonds is 4. The molecule has 7 nitrogen and oxygen atoms in total. The molecule has 0 saturated heterocycles. The van der Waals surface area contributed by atoms with E-state index in [9.17, 15) is 0 Å². The first-order valence-electron chi connectivity index (χ1n) is 9.51. The number of ether oxygens (including phenoxy) is 2. The van der Waals surface area contributed by atoms with Crippen LogP contribution in [0, 0.1) is 0 Å². The highest BCUT2D eigenvalue weighted by atomic mass is 16.7. The first-order chi connectivity index (χ1) is 13.9. The summed E-state index contributed by atoms with van der Waals surface area (Å²) in [5.41, 5.74) is 4.18. The first-order valence-corrected chi connectivity index (χ1v) is 9.51. The Morgan fingerprint density at radius 2 is 1.93 bits per heavy atom. The number of hydrogen-bond donors (Lipinski definition) is 2. The van der Waals surface area contributed by atoms with Crippen LogP contribution < -0.4 is 20.1 Å². The molecule has 2 aromatic heterocycles. The monoisotopic (exact) mass is 375 g/mol. The van der Waals surface area contributed by atoms with Gasteiger partial charge in [0.05, 0.1) is 5.69 Å². The minimum Gasteiger partial charge on any atom is -0.454 e. The lowest BCUT2D eigenvalue weighted by Crippen LogP contribution is -2.16. The molecule has 0 saturated carbocycles. The molecule has 0 spiro atoms. The van der Waals surface area contributed by atoms with Crippen molar-refractivity contribution in [2.45, 2.75) is 19.4 Å². The van der Waals surface area contributed by atoms with Gasteiger partial charge >= 0.3 is 0 Å². The maximum atomic E-state index is 5.48. The molecule has 0 bridgehead atoms. The van der Waals surface area contributed by atoms with Crippen LogP contribution in [-0.2, 0) is 19.4 Å². The summed E-state index contributed by atoms with van der Waals surface area (Å²) in [4.78, 5) is 14.1. The molecule has 2 aliphatic heterocycles. The van der Waals surface area contributed by atoms with Gasteiger partial charge in [0, 0.05) is 31.3 Å². The van der Waals surface area contributed by atoms with E-state index in [1.165, 1.54) is 5.56 Å². The van der Waals surface area contributed by atoms with Crippen molar-refractivity contribution < 1.29 is 9.47 Å². The molecular weight excluding hydrogens is 354 g/mol. The fourth-order valence-corrected chi connectivity index (χ4v) is 3.54. The Morgan fingerprint density at radius 3 is 2.86 bits per heavy atom. The second-order valence-corrected chi connectivity index (χ2v) is 6.83. The zero-order chi connectivity index (χ0) is 18.8. The average molecular weight is 375 g/mol. The molecule has 2 aliphatic rings. The molecule has 28 heavy (non-hydrogen) atoms. The second-order valence-electron chi connectivity index (χ2n) is 6.83. The fraction of sp³-hybridized carbons (Fsp3) is 0.286. The number of benzene rings is 1. The van der Waals surface area contributed by atoms with Crippen LogP contribution in [0.25, 0.3) is 11.5 Å². The van der Waals surface area contributed by atoms with Gasteiger partial charge < -0.3 is 20.1 Å². The predicted molar refractivity (Wildman–Crippen MR) is 105 cm³/mol. The van der Waals surface area contributed by atoms with Crippen LogP contribution in [-0.4, -0.2) is 34.8 Å². The lowest BCUT2D eigenvalue weighted by molar-refractivity contribution is 0.174. The topological polar surface area (TPSA) is 81.2 Å². The fourth-order valence-electron chi connectivity index (χ4n) is 3.54. The summed E-state index contributed by atoms with van der Waals surface area (Å²) in [6.45, 7) is 2.78. The Hall–Kier alpha value is -3.19. The highest BCUT2D eigenvalue weighted by molar-refractivity contribution is 5.57. The molecule has 0 amide bonds. The van der Waals surface area contributed by atoms with E-state index < -0.39 is 0 Å². The normalized spacial score (nSPS) is 15.0. The number of hydrogen-bond acceptors (Lipinski definition) is 7. The Balaban J connectivity index is 1.46. The number of pyridine rings is 1. The Bertz CT molecular complexity index is 994. The molecule has 0 aliphatic carbocycles. The molecule has 142 valence electrons. The molecule has 0 fully saturated rings. The van der Waals surface area contributed by atoms with E-state index in [1.807, 2.05) is 36.4 Å². The van der Waals surface area contributed by atoms with Gasteiger partial charge in [-0.3, -0.25) is 4.98 Å². The van der Waals surface area contributed by atoms with Crippen molar-refractivity contribution in [2.75, 3.05) is 25.2 Å². The molecule has 2 N–H and O–H groups in total. The minimum absolute atomic E-state index is 0.284. The van der Waals surface area contributed by atoms with Crippen molar-refractivity contribution in [2.24, 2.45) is 0 Å². The van der Waals surface area contributed by atoms with Gasteiger partial charge in [-0.15, -0.1) is 0 Å². The van der Waals surface area contributed by atoms with Crippen molar-refractivity contribution in [1.29, 1.82) is 0 Å². The van der Waals surface area contributed by atoms with Crippen LogP contribution in [0.3, 0.4) is 0 Å². The second kappa shape index (κ2) is 7.44. The van der Waals surface area contributed by atoms with Crippen LogP contribution in [0.2, 0.25) is 0 Å². The van der Waals surface area contributed by atoms with E-state index in [1.54, 1.807) is 6.20 Å².